The number of carbonyl (C=O) groups is 1. The number of rotatable bonds is 4. The van der Waals surface area contributed by atoms with E-state index in [2.05, 4.69) is 26.2 Å². The molecule has 2 atom stereocenters. The molecule has 4 nitrogen and oxygen atoms in total. The lowest BCUT2D eigenvalue weighted by Crippen LogP contribution is -2.32. The molecule has 2 rings (SSSR count). The standard InChI is InChI=1S/C15H24N2O2S/c1-10-6-11(8-15(2,3)7-10)19-9-12-4-5-13(20-12)14(18)17-16/h4-5,10-11H,6-9,16H2,1-3H3,(H,17,18). The minimum absolute atomic E-state index is 0.242. The highest BCUT2D eigenvalue weighted by Gasteiger charge is 2.32. The highest BCUT2D eigenvalue weighted by molar-refractivity contribution is 7.14. The maximum Gasteiger partial charge on any atom is 0.275 e. The van der Waals surface area contributed by atoms with E-state index in [1.165, 1.54) is 17.8 Å². The summed E-state index contributed by atoms with van der Waals surface area (Å²) in [7, 11) is 0. The normalized spacial score (nSPS) is 25.4. The van der Waals surface area contributed by atoms with Gasteiger partial charge in [0.2, 0.25) is 0 Å². The number of amides is 1. The van der Waals surface area contributed by atoms with Crippen LogP contribution in [-0.2, 0) is 11.3 Å². The number of ether oxygens (including phenoxy) is 1. The van der Waals surface area contributed by atoms with Crippen LogP contribution in [0.2, 0.25) is 0 Å². The zero-order chi connectivity index (χ0) is 14.8. The minimum atomic E-state index is -0.242. The van der Waals surface area contributed by atoms with Gasteiger partial charge >= 0.3 is 0 Å². The first-order valence-electron chi connectivity index (χ1n) is 7.11. The molecule has 112 valence electrons. The zero-order valence-electron chi connectivity index (χ0n) is 12.4. The average Bonchev–Trinajstić information content (AvgIpc) is 2.82. The van der Waals surface area contributed by atoms with Crippen molar-refractivity contribution in [1.82, 2.24) is 5.43 Å². The fourth-order valence-electron chi connectivity index (χ4n) is 3.23. The third kappa shape index (κ3) is 4.04. The maximum atomic E-state index is 11.4. The fourth-order valence-corrected chi connectivity index (χ4v) is 4.07. The number of carbonyl (C=O) groups excluding carboxylic acids is 1. The Morgan fingerprint density at radius 1 is 1.50 bits per heavy atom. The van der Waals surface area contributed by atoms with E-state index >= 15 is 0 Å². The number of hydrazine groups is 1. The molecule has 1 aliphatic carbocycles. The maximum absolute atomic E-state index is 11.4. The van der Waals surface area contributed by atoms with Crippen molar-refractivity contribution in [2.24, 2.45) is 17.2 Å². The van der Waals surface area contributed by atoms with Crippen LogP contribution < -0.4 is 11.3 Å². The molecular weight excluding hydrogens is 272 g/mol. The molecule has 0 spiro atoms. The molecule has 1 aromatic heterocycles. The van der Waals surface area contributed by atoms with Gasteiger partial charge in [0.25, 0.3) is 5.91 Å². The lowest BCUT2D eigenvalue weighted by Gasteiger charge is -2.38. The Morgan fingerprint density at radius 3 is 2.90 bits per heavy atom. The van der Waals surface area contributed by atoms with Gasteiger partial charge < -0.3 is 4.74 Å². The summed E-state index contributed by atoms with van der Waals surface area (Å²) in [6.07, 6.45) is 3.83. The van der Waals surface area contributed by atoms with E-state index in [0.717, 1.165) is 17.7 Å². The lowest BCUT2D eigenvalue weighted by molar-refractivity contribution is -0.0306. The molecule has 0 aromatic carbocycles. The molecule has 1 heterocycles. The molecule has 1 fully saturated rings. The molecule has 20 heavy (non-hydrogen) atoms. The zero-order valence-corrected chi connectivity index (χ0v) is 13.3. The van der Waals surface area contributed by atoms with Crippen LogP contribution in [0, 0.1) is 11.3 Å². The van der Waals surface area contributed by atoms with Crippen molar-refractivity contribution < 1.29 is 9.53 Å². The Bertz CT molecular complexity index is 470. The smallest absolute Gasteiger partial charge is 0.275 e. The monoisotopic (exact) mass is 296 g/mol. The van der Waals surface area contributed by atoms with Gasteiger partial charge in [0.1, 0.15) is 0 Å². The second-order valence-electron chi connectivity index (χ2n) is 6.59. The van der Waals surface area contributed by atoms with Gasteiger partial charge in [0.15, 0.2) is 0 Å². The topological polar surface area (TPSA) is 64.3 Å². The first kappa shape index (κ1) is 15.5. The van der Waals surface area contributed by atoms with Gasteiger partial charge in [-0.3, -0.25) is 10.2 Å². The van der Waals surface area contributed by atoms with E-state index in [-0.39, 0.29) is 5.91 Å². The van der Waals surface area contributed by atoms with Crippen LogP contribution in [0.3, 0.4) is 0 Å². The van der Waals surface area contributed by atoms with Crippen molar-refractivity contribution in [3.63, 3.8) is 0 Å². The lowest BCUT2D eigenvalue weighted by atomic mass is 9.71. The largest absolute Gasteiger partial charge is 0.373 e. The number of nitrogens with two attached hydrogens (primary N) is 1. The second-order valence-corrected chi connectivity index (χ2v) is 7.75. The van der Waals surface area contributed by atoms with Crippen LogP contribution in [0.5, 0.6) is 0 Å². The van der Waals surface area contributed by atoms with Gasteiger partial charge in [-0.15, -0.1) is 11.3 Å². The third-order valence-corrected chi connectivity index (χ3v) is 4.88. The number of hydrogen-bond acceptors (Lipinski definition) is 4. The Kier molecular flexibility index (Phi) is 4.83. The molecule has 0 aliphatic heterocycles. The van der Waals surface area contributed by atoms with E-state index in [9.17, 15) is 4.79 Å². The Hall–Kier alpha value is -0.910. The molecule has 1 aromatic rings. The van der Waals surface area contributed by atoms with Crippen molar-refractivity contribution in [2.75, 3.05) is 0 Å². The molecule has 0 radical (unpaired) electrons. The van der Waals surface area contributed by atoms with Gasteiger partial charge in [-0.25, -0.2) is 5.84 Å². The van der Waals surface area contributed by atoms with Gasteiger partial charge in [-0.2, -0.15) is 0 Å². The minimum Gasteiger partial charge on any atom is -0.373 e. The summed E-state index contributed by atoms with van der Waals surface area (Å²) in [5, 5.41) is 0. The van der Waals surface area contributed by atoms with Crippen LogP contribution in [-0.4, -0.2) is 12.0 Å². The van der Waals surface area contributed by atoms with Gasteiger partial charge in [-0.05, 0) is 42.7 Å². The number of hydrogen-bond donors (Lipinski definition) is 2. The first-order chi connectivity index (χ1) is 9.39. The number of thiophene rings is 1. The SMILES string of the molecule is CC1CC(OCc2ccc(C(=O)NN)s2)CC(C)(C)C1. The molecule has 1 amide bonds. The predicted octanol–water partition coefficient (Wildman–Crippen LogP) is 3.08. The van der Waals surface area contributed by atoms with Gasteiger partial charge in [0.05, 0.1) is 17.6 Å². The van der Waals surface area contributed by atoms with Crippen molar-refractivity contribution >= 4 is 17.2 Å². The summed E-state index contributed by atoms with van der Waals surface area (Å²) in [5.41, 5.74) is 2.51. The summed E-state index contributed by atoms with van der Waals surface area (Å²) >= 11 is 1.44. The first-order valence-corrected chi connectivity index (χ1v) is 7.92. The summed E-state index contributed by atoms with van der Waals surface area (Å²) < 4.78 is 6.05. The molecule has 3 N–H and O–H groups in total. The van der Waals surface area contributed by atoms with Crippen molar-refractivity contribution in [2.45, 2.75) is 52.7 Å². The van der Waals surface area contributed by atoms with E-state index in [4.69, 9.17) is 10.6 Å². The van der Waals surface area contributed by atoms with Crippen molar-refractivity contribution in [3.8, 4) is 0 Å². The quantitative estimate of drug-likeness (QED) is 0.510. The molecule has 2 unspecified atom stereocenters. The van der Waals surface area contributed by atoms with E-state index in [0.29, 0.717) is 28.9 Å². The summed E-state index contributed by atoms with van der Waals surface area (Å²) in [4.78, 5) is 13.1. The molecule has 1 saturated carbocycles. The molecular formula is C15H24N2O2S. The van der Waals surface area contributed by atoms with E-state index in [1.54, 1.807) is 6.07 Å². The molecule has 5 heteroatoms. The van der Waals surface area contributed by atoms with Crippen molar-refractivity contribution in [3.05, 3.63) is 21.9 Å². The highest BCUT2D eigenvalue weighted by Crippen LogP contribution is 2.40. The van der Waals surface area contributed by atoms with Crippen LogP contribution >= 0.6 is 11.3 Å². The summed E-state index contributed by atoms with van der Waals surface area (Å²) in [6, 6.07) is 3.73. The number of nitrogen functional groups attached to an aromatic ring is 1. The molecule has 0 saturated heterocycles. The Morgan fingerprint density at radius 2 is 2.25 bits per heavy atom. The van der Waals surface area contributed by atoms with E-state index < -0.39 is 0 Å². The Labute approximate surface area is 124 Å². The highest BCUT2D eigenvalue weighted by atomic mass is 32.1. The summed E-state index contributed by atoms with van der Waals surface area (Å²) in [5.74, 6) is 5.60. The second kappa shape index (κ2) is 6.24. The van der Waals surface area contributed by atoms with Gasteiger partial charge in [-0.1, -0.05) is 20.8 Å². The Balaban J connectivity index is 1.88. The van der Waals surface area contributed by atoms with Crippen LogP contribution in [0.1, 0.15) is 54.6 Å². The van der Waals surface area contributed by atoms with Gasteiger partial charge in [0, 0.05) is 4.88 Å². The number of nitrogens with one attached hydrogen (secondary N) is 1. The van der Waals surface area contributed by atoms with Crippen LogP contribution in [0.15, 0.2) is 12.1 Å². The molecule has 1 aliphatic rings. The fraction of sp³-hybridized carbons (Fsp3) is 0.667. The van der Waals surface area contributed by atoms with Crippen molar-refractivity contribution in [1.29, 1.82) is 0 Å². The van der Waals surface area contributed by atoms with Crippen LogP contribution in [0.25, 0.3) is 0 Å². The van der Waals surface area contributed by atoms with E-state index in [1.807, 2.05) is 6.07 Å². The summed E-state index contributed by atoms with van der Waals surface area (Å²) in [6.45, 7) is 7.50. The average molecular weight is 296 g/mol. The third-order valence-electron chi connectivity index (χ3n) is 3.82. The predicted molar refractivity (Wildman–Crippen MR) is 81.3 cm³/mol. The van der Waals surface area contributed by atoms with Crippen LogP contribution in [0.4, 0.5) is 0 Å². The molecule has 0 bridgehead atoms.